The van der Waals surface area contributed by atoms with E-state index in [4.69, 9.17) is 22.1 Å². The van der Waals surface area contributed by atoms with Crippen molar-refractivity contribution in [1.82, 2.24) is 0 Å². The molecule has 0 aromatic heterocycles. The zero-order valence-electron chi connectivity index (χ0n) is 8.86. The molecule has 14 heavy (non-hydrogen) atoms. The van der Waals surface area contributed by atoms with Crippen LogP contribution >= 0.6 is 0 Å². The predicted octanol–water partition coefficient (Wildman–Crippen LogP) is 0.854. The largest absolute Gasteiger partial charge is 0.379 e. The number of methoxy groups -OCH3 is 2. The molecule has 3 nitrogen and oxygen atoms in total. The van der Waals surface area contributed by atoms with Gasteiger partial charge in [0, 0.05) is 20.2 Å². The minimum absolute atomic E-state index is 0.0150. The van der Waals surface area contributed by atoms with Crippen LogP contribution in [0.25, 0.3) is 0 Å². The van der Waals surface area contributed by atoms with Gasteiger partial charge in [-0.05, 0) is 25.7 Å². The van der Waals surface area contributed by atoms with Gasteiger partial charge in [0.25, 0.3) is 0 Å². The summed E-state index contributed by atoms with van der Waals surface area (Å²) >= 11 is 0. The van der Waals surface area contributed by atoms with Crippen LogP contribution in [0.4, 0.5) is 0 Å². The Morgan fingerprint density at radius 2 is 2.21 bits per heavy atom. The molecule has 2 rings (SSSR count). The third kappa shape index (κ3) is 1.49. The molecule has 0 amide bonds. The first-order chi connectivity index (χ1) is 6.72. The fourth-order valence-corrected chi connectivity index (χ4v) is 2.78. The highest BCUT2D eigenvalue weighted by molar-refractivity contribution is 6.11. The molecule has 4 heteroatoms. The molecule has 2 fully saturated rings. The smallest absolute Gasteiger partial charge is 0.112 e. The molecular formula is C10H17BO3. The second-order valence-electron chi connectivity index (χ2n) is 4.23. The SMILES string of the molecule is [B][C@H]1C[C@]2(OC)CCC[C@H](OC)[C@@H]2O1. The molecule has 0 bridgehead atoms. The van der Waals surface area contributed by atoms with Gasteiger partial charge in [0.2, 0.25) is 0 Å². The molecule has 2 radical (unpaired) electrons. The van der Waals surface area contributed by atoms with Crippen molar-refractivity contribution in [3.05, 3.63) is 0 Å². The summed E-state index contributed by atoms with van der Waals surface area (Å²) in [5, 5.41) is 0. The van der Waals surface area contributed by atoms with E-state index in [0.29, 0.717) is 0 Å². The molecule has 0 aromatic rings. The zero-order valence-corrected chi connectivity index (χ0v) is 8.86. The molecule has 78 valence electrons. The molecule has 0 unspecified atom stereocenters. The van der Waals surface area contributed by atoms with Gasteiger partial charge in [0.15, 0.2) is 0 Å². The summed E-state index contributed by atoms with van der Waals surface area (Å²) in [5.41, 5.74) is -0.196. The molecule has 4 atom stereocenters. The Morgan fingerprint density at radius 1 is 1.43 bits per heavy atom. The van der Waals surface area contributed by atoms with Crippen molar-refractivity contribution >= 4 is 7.85 Å². The molecule has 2 aliphatic rings. The van der Waals surface area contributed by atoms with E-state index in [0.717, 1.165) is 25.7 Å². The van der Waals surface area contributed by atoms with Crippen molar-refractivity contribution < 1.29 is 14.2 Å². The molecule has 1 aliphatic heterocycles. The minimum atomic E-state index is -0.198. The highest BCUT2D eigenvalue weighted by Crippen LogP contribution is 2.43. The summed E-state index contributed by atoms with van der Waals surface area (Å²) < 4.78 is 16.7. The average Bonchev–Trinajstić information content (AvgIpc) is 2.54. The molecule has 1 saturated heterocycles. The fourth-order valence-electron chi connectivity index (χ4n) is 2.78. The van der Waals surface area contributed by atoms with Gasteiger partial charge in [0.05, 0.1) is 11.7 Å². The van der Waals surface area contributed by atoms with Crippen molar-refractivity contribution in [2.75, 3.05) is 14.2 Å². The lowest BCUT2D eigenvalue weighted by Gasteiger charge is -2.40. The van der Waals surface area contributed by atoms with E-state index >= 15 is 0 Å². The third-order valence-corrected chi connectivity index (χ3v) is 3.52. The van der Waals surface area contributed by atoms with Crippen LogP contribution in [0.15, 0.2) is 0 Å². The van der Waals surface area contributed by atoms with Gasteiger partial charge in [-0.1, -0.05) is 0 Å². The van der Waals surface area contributed by atoms with Crippen molar-refractivity contribution in [2.45, 2.75) is 49.5 Å². The van der Waals surface area contributed by atoms with Gasteiger partial charge < -0.3 is 14.2 Å². The second kappa shape index (κ2) is 3.84. The van der Waals surface area contributed by atoms with E-state index in [-0.39, 0.29) is 23.8 Å². The van der Waals surface area contributed by atoms with E-state index in [9.17, 15) is 0 Å². The van der Waals surface area contributed by atoms with E-state index in [2.05, 4.69) is 0 Å². The van der Waals surface area contributed by atoms with Gasteiger partial charge in [-0.2, -0.15) is 0 Å². The molecule has 0 aromatic carbocycles. The van der Waals surface area contributed by atoms with E-state index in [1.807, 2.05) is 0 Å². The zero-order chi connectivity index (χ0) is 10.2. The predicted molar refractivity (Wildman–Crippen MR) is 53.4 cm³/mol. The molecule has 0 spiro atoms. The summed E-state index contributed by atoms with van der Waals surface area (Å²) in [6.45, 7) is 0. The first-order valence-corrected chi connectivity index (χ1v) is 5.21. The average molecular weight is 196 g/mol. The summed E-state index contributed by atoms with van der Waals surface area (Å²) in [6, 6.07) is -0.198. The maximum absolute atomic E-state index is 5.81. The lowest BCUT2D eigenvalue weighted by Crippen LogP contribution is -2.51. The molecule has 0 N–H and O–H groups in total. The highest BCUT2D eigenvalue weighted by Gasteiger charge is 2.52. The molecule has 1 heterocycles. The van der Waals surface area contributed by atoms with Gasteiger partial charge in [0.1, 0.15) is 14.0 Å². The Bertz CT molecular complexity index is 212. The van der Waals surface area contributed by atoms with Gasteiger partial charge in [-0.3, -0.25) is 0 Å². The van der Waals surface area contributed by atoms with Crippen molar-refractivity contribution in [1.29, 1.82) is 0 Å². The van der Waals surface area contributed by atoms with E-state index < -0.39 is 0 Å². The summed E-state index contributed by atoms with van der Waals surface area (Å²) in [6.07, 6.45) is 4.13. The highest BCUT2D eigenvalue weighted by atomic mass is 16.6. The molecule has 1 saturated carbocycles. The fraction of sp³-hybridized carbons (Fsp3) is 1.00. The van der Waals surface area contributed by atoms with E-state index in [1.165, 1.54) is 0 Å². The van der Waals surface area contributed by atoms with Crippen LogP contribution < -0.4 is 0 Å². The van der Waals surface area contributed by atoms with Crippen LogP contribution in [0.2, 0.25) is 0 Å². The molecule has 1 aliphatic carbocycles. The maximum Gasteiger partial charge on any atom is 0.112 e. The minimum Gasteiger partial charge on any atom is -0.379 e. The van der Waals surface area contributed by atoms with Crippen LogP contribution in [-0.2, 0) is 14.2 Å². The third-order valence-electron chi connectivity index (χ3n) is 3.52. The van der Waals surface area contributed by atoms with E-state index in [1.54, 1.807) is 14.2 Å². The Labute approximate surface area is 86.5 Å². The van der Waals surface area contributed by atoms with Crippen LogP contribution in [-0.4, -0.2) is 45.9 Å². The normalized spacial score (nSPS) is 47.7. The Kier molecular flexibility index (Phi) is 2.87. The molecular weight excluding hydrogens is 179 g/mol. The Morgan fingerprint density at radius 3 is 2.86 bits per heavy atom. The van der Waals surface area contributed by atoms with Gasteiger partial charge in [-0.15, -0.1) is 0 Å². The quantitative estimate of drug-likeness (QED) is 0.613. The van der Waals surface area contributed by atoms with Crippen molar-refractivity contribution in [3.8, 4) is 0 Å². The summed E-state index contributed by atoms with van der Waals surface area (Å²) in [7, 11) is 9.28. The Balaban J connectivity index is 2.18. The first-order valence-electron chi connectivity index (χ1n) is 5.21. The topological polar surface area (TPSA) is 27.7 Å². The maximum atomic E-state index is 5.81. The number of hydrogen-bond donors (Lipinski definition) is 0. The number of fused-ring (bicyclic) bond motifs is 1. The van der Waals surface area contributed by atoms with Crippen LogP contribution in [0.1, 0.15) is 25.7 Å². The standard InChI is InChI=1S/C10H17BO3/c1-12-7-4-3-5-10(13-2)6-8(11)14-9(7)10/h7-9H,3-6H2,1-2H3/t7-,8+,9-,10+/m0/s1. The second-order valence-corrected chi connectivity index (χ2v) is 4.23. The number of hydrogen-bond acceptors (Lipinski definition) is 3. The van der Waals surface area contributed by atoms with Gasteiger partial charge in [-0.25, -0.2) is 0 Å². The van der Waals surface area contributed by atoms with Crippen molar-refractivity contribution in [3.63, 3.8) is 0 Å². The van der Waals surface area contributed by atoms with Crippen molar-refractivity contribution in [2.24, 2.45) is 0 Å². The lowest BCUT2D eigenvalue weighted by molar-refractivity contribution is -0.150. The first kappa shape index (κ1) is 10.5. The lowest BCUT2D eigenvalue weighted by atomic mass is 9.77. The summed E-state index contributed by atoms with van der Waals surface area (Å²) in [4.78, 5) is 0. The summed E-state index contributed by atoms with van der Waals surface area (Å²) in [5.74, 6) is 0. The Hall–Kier alpha value is -0.0551. The van der Waals surface area contributed by atoms with Crippen LogP contribution in [0.3, 0.4) is 0 Å². The number of ether oxygens (including phenoxy) is 3. The van der Waals surface area contributed by atoms with Crippen LogP contribution in [0.5, 0.6) is 0 Å². The van der Waals surface area contributed by atoms with Crippen LogP contribution in [0, 0.1) is 0 Å². The monoisotopic (exact) mass is 196 g/mol. The van der Waals surface area contributed by atoms with Gasteiger partial charge >= 0.3 is 0 Å². The number of rotatable bonds is 2.